The van der Waals surface area contributed by atoms with Crippen LogP contribution in [0, 0.1) is 0 Å². The van der Waals surface area contributed by atoms with Crippen molar-refractivity contribution in [2.24, 2.45) is 11.5 Å². The Hall–Kier alpha value is 1.38. The first-order chi connectivity index (χ1) is 11.7. The van der Waals surface area contributed by atoms with Crippen LogP contribution in [-0.4, -0.2) is 59.7 Å². The van der Waals surface area contributed by atoms with Gasteiger partial charge in [0.1, 0.15) is 0 Å². The summed E-state index contributed by atoms with van der Waals surface area (Å²) in [6.45, 7) is 13.1. The molecule has 6 nitrogen and oxygen atoms in total. The highest BCUT2D eigenvalue weighted by molar-refractivity contribution is 9.28. The fraction of sp³-hybridized carbons (Fsp3) is 1.00. The smallest absolute Gasteiger partial charge is 0.365 e. The van der Waals surface area contributed by atoms with Crippen LogP contribution >= 0.6 is 40.7 Å². The SMILES string of the molecule is CCCSSSS[Si](OCC)(OCC)OCC.NCCNCCN. The van der Waals surface area contributed by atoms with Gasteiger partial charge in [-0.25, -0.2) is 0 Å². The van der Waals surface area contributed by atoms with E-state index < -0.39 is 7.95 Å². The highest BCUT2D eigenvalue weighted by Crippen LogP contribution is 2.48. The predicted octanol–water partition coefficient (Wildman–Crippen LogP) is 3.11. The van der Waals surface area contributed by atoms with Crippen LogP contribution in [0.3, 0.4) is 0 Å². The normalized spacial score (nSPS) is 11.2. The fourth-order valence-corrected chi connectivity index (χ4v) is 15.3. The first kappa shape index (κ1) is 27.6. The van der Waals surface area contributed by atoms with Crippen molar-refractivity contribution < 1.29 is 13.3 Å². The zero-order valence-electron chi connectivity index (χ0n) is 15.4. The van der Waals surface area contributed by atoms with Gasteiger partial charge in [-0.2, -0.15) is 0 Å². The minimum Gasteiger partial charge on any atom is -0.365 e. The van der Waals surface area contributed by atoms with Gasteiger partial charge < -0.3 is 30.1 Å². The summed E-state index contributed by atoms with van der Waals surface area (Å²) in [6, 6.07) is 0. The Morgan fingerprint density at radius 2 is 1.33 bits per heavy atom. The molecule has 0 spiro atoms. The lowest BCUT2D eigenvalue weighted by Crippen LogP contribution is -2.42. The van der Waals surface area contributed by atoms with E-state index in [-0.39, 0.29) is 0 Å². The maximum Gasteiger partial charge on any atom is 0.585 e. The number of rotatable bonds is 16. The van der Waals surface area contributed by atoms with Gasteiger partial charge in [0.2, 0.25) is 0 Å². The van der Waals surface area contributed by atoms with Gasteiger partial charge in [-0.15, -0.1) is 0 Å². The molecule has 0 fully saturated rings. The average molecular weight is 438 g/mol. The van der Waals surface area contributed by atoms with Crippen LogP contribution < -0.4 is 16.8 Å². The molecule has 0 saturated carbocycles. The van der Waals surface area contributed by atoms with Crippen LogP contribution in [0.15, 0.2) is 0 Å². The molecule has 0 aromatic heterocycles. The molecule has 0 atom stereocenters. The van der Waals surface area contributed by atoms with Crippen LogP contribution in [0.4, 0.5) is 0 Å². The van der Waals surface area contributed by atoms with E-state index in [1.807, 2.05) is 31.6 Å². The third kappa shape index (κ3) is 18.2. The van der Waals surface area contributed by atoms with Gasteiger partial charge in [0.05, 0.1) is 0 Å². The quantitative estimate of drug-likeness (QED) is 0.190. The molecule has 0 amide bonds. The molecular formula is C13H35N3O3S4Si. The maximum absolute atomic E-state index is 5.73. The Kier molecular flexibility index (Phi) is 25.8. The monoisotopic (exact) mass is 437 g/mol. The highest BCUT2D eigenvalue weighted by Gasteiger charge is 2.43. The molecule has 5 N–H and O–H groups in total. The van der Waals surface area contributed by atoms with Gasteiger partial charge in [-0.1, -0.05) is 17.7 Å². The number of nitrogens with two attached hydrogens (primary N) is 2. The van der Waals surface area contributed by atoms with E-state index in [4.69, 9.17) is 24.7 Å². The highest BCUT2D eigenvalue weighted by atomic mass is 33.7. The van der Waals surface area contributed by atoms with Crippen LogP contribution in [-0.2, 0) is 13.3 Å². The van der Waals surface area contributed by atoms with Crippen molar-refractivity contribution in [2.45, 2.75) is 34.1 Å². The molecule has 0 aromatic carbocycles. The van der Waals surface area contributed by atoms with Crippen molar-refractivity contribution >= 4 is 48.6 Å². The van der Waals surface area contributed by atoms with E-state index in [9.17, 15) is 0 Å². The standard InChI is InChI=1S/C9H22O3S4Si.C4H13N3/c1-5-9-13-14-15-16-17(10-6-2,11-7-3)12-8-4;5-1-3-7-4-2-6/h5-9H2,1-4H3;7H,1-6H2. The molecule has 11 heteroatoms. The molecule has 0 aliphatic rings. The number of hydrogen-bond acceptors (Lipinski definition) is 10. The van der Waals surface area contributed by atoms with Crippen molar-refractivity contribution in [3.63, 3.8) is 0 Å². The zero-order chi connectivity index (χ0) is 18.5. The van der Waals surface area contributed by atoms with Crippen LogP contribution in [0.2, 0.25) is 0 Å². The van der Waals surface area contributed by atoms with E-state index in [1.54, 1.807) is 29.9 Å². The second kappa shape index (κ2) is 22.4. The lowest BCUT2D eigenvalue weighted by atomic mass is 10.6. The van der Waals surface area contributed by atoms with E-state index in [0.717, 1.165) is 13.1 Å². The first-order valence-corrected chi connectivity index (χ1v) is 15.8. The van der Waals surface area contributed by atoms with Crippen molar-refractivity contribution in [1.29, 1.82) is 0 Å². The summed E-state index contributed by atoms with van der Waals surface area (Å²) >= 11 is 0. The van der Waals surface area contributed by atoms with Crippen molar-refractivity contribution in [3.05, 3.63) is 0 Å². The molecule has 0 bridgehead atoms. The summed E-state index contributed by atoms with van der Waals surface area (Å²) < 4.78 is 17.2. The molecule has 0 unspecified atom stereocenters. The van der Waals surface area contributed by atoms with Crippen LogP contribution in [0.25, 0.3) is 0 Å². The number of hydrogen-bond donors (Lipinski definition) is 3. The van der Waals surface area contributed by atoms with Gasteiger partial charge >= 0.3 is 7.95 Å². The Morgan fingerprint density at radius 3 is 1.71 bits per heavy atom. The Labute approximate surface area is 164 Å². The lowest BCUT2D eigenvalue weighted by Gasteiger charge is -2.25. The average Bonchev–Trinajstić information content (AvgIpc) is 2.57. The van der Waals surface area contributed by atoms with Gasteiger partial charge in [-0.3, -0.25) is 0 Å². The molecule has 0 rings (SSSR count). The number of nitrogens with one attached hydrogen (secondary N) is 1. The molecule has 0 saturated heterocycles. The molecule has 0 heterocycles. The molecule has 0 aliphatic carbocycles. The molecular weight excluding hydrogens is 403 g/mol. The summed E-state index contributed by atoms with van der Waals surface area (Å²) in [4.78, 5) is 0. The summed E-state index contributed by atoms with van der Waals surface area (Å²) in [5.74, 6) is 1.17. The Morgan fingerprint density at radius 1 is 0.833 bits per heavy atom. The third-order valence-electron chi connectivity index (χ3n) is 2.11. The summed E-state index contributed by atoms with van der Waals surface area (Å²) in [6.07, 6.45) is 1.20. The minimum atomic E-state index is -2.51. The summed E-state index contributed by atoms with van der Waals surface area (Å²) in [5, 5.41) is 3.03. The molecule has 24 heavy (non-hydrogen) atoms. The first-order valence-electron chi connectivity index (χ1n) is 8.32. The zero-order valence-corrected chi connectivity index (χ0v) is 19.6. The summed E-state index contributed by atoms with van der Waals surface area (Å²) in [5.41, 5.74) is 10.3. The van der Waals surface area contributed by atoms with Crippen molar-refractivity contribution in [1.82, 2.24) is 5.32 Å². The molecule has 0 aromatic rings. The molecule has 0 aliphatic heterocycles. The van der Waals surface area contributed by atoms with Gasteiger partial charge in [0, 0.05) is 51.8 Å². The summed E-state index contributed by atoms with van der Waals surface area (Å²) in [7, 11) is 4.45. The van der Waals surface area contributed by atoms with Crippen molar-refractivity contribution in [2.75, 3.05) is 51.8 Å². The van der Waals surface area contributed by atoms with E-state index in [1.165, 1.54) is 12.2 Å². The largest absolute Gasteiger partial charge is 0.585 e. The van der Waals surface area contributed by atoms with Gasteiger partial charge in [-0.05, 0) is 57.1 Å². The maximum atomic E-state index is 5.73. The minimum absolute atomic E-state index is 0.631. The van der Waals surface area contributed by atoms with Gasteiger partial charge in [0.15, 0.2) is 0 Å². The Balaban J connectivity index is 0. The fourth-order valence-electron chi connectivity index (χ4n) is 1.25. The Bertz CT molecular complexity index is 229. The topological polar surface area (TPSA) is 91.8 Å². The predicted molar refractivity (Wildman–Crippen MR) is 117 cm³/mol. The van der Waals surface area contributed by atoms with E-state index >= 15 is 0 Å². The molecule has 0 radical (unpaired) electrons. The second-order valence-electron chi connectivity index (χ2n) is 4.17. The van der Waals surface area contributed by atoms with Crippen LogP contribution in [0.1, 0.15) is 34.1 Å². The van der Waals surface area contributed by atoms with E-state index in [0.29, 0.717) is 32.9 Å². The lowest BCUT2D eigenvalue weighted by molar-refractivity contribution is 0.0971. The second-order valence-corrected chi connectivity index (χ2v) is 14.6. The van der Waals surface area contributed by atoms with Crippen molar-refractivity contribution in [3.8, 4) is 0 Å². The molecule has 148 valence electrons. The third-order valence-corrected chi connectivity index (χ3v) is 15.0. The van der Waals surface area contributed by atoms with Gasteiger partial charge in [0.25, 0.3) is 0 Å². The van der Waals surface area contributed by atoms with Crippen LogP contribution in [0.5, 0.6) is 0 Å². The van der Waals surface area contributed by atoms with E-state index in [2.05, 4.69) is 12.2 Å².